The van der Waals surface area contributed by atoms with Gasteiger partial charge in [0.15, 0.2) is 0 Å². The Hall–Kier alpha value is -2.48. The molecule has 0 aliphatic heterocycles. The fraction of sp³-hybridized carbons (Fsp3) is 0.393. The van der Waals surface area contributed by atoms with Crippen LogP contribution in [0.5, 0.6) is 0 Å². The first-order chi connectivity index (χ1) is 16.3. The van der Waals surface area contributed by atoms with E-state index in [1.165, 1.54) is 9.18 Å². The Kier molecular flexibility index (Phi) is 8.25. The topological polar surface area (TPSA) is 57.7 Å². The van der Waals surface area contributed by atoms with Gasteiger partial charge in [-0.1, -0.05) is 48.0 Å². The largest absolute Gasteiger partial charge is 0.332 e. The van der Waals surface area contributed by atoms with E-state index in [0.29, 0.717) is 24.2 Å². The molecule has 3 rings (SSSR count). The van der Waals surface area contributed by atoms with Crippen molar-refractivity contribution >= 4 is 27.3 Å². The van der Waals surface area contributed by atoms with Gasteiger partial charge < -0.3 is 4.90 Å². The molecule has 0 spiro atoms. The van der Waals surface area contributed by atoms with Crippen molar-refractivity contribution in [2.45, 2.75) is 72.0 Å². The molecule has 0 saturated carbocycles. The molecule has 0 fully saturated rings. The third kappa shape index (κ3) is 6.60. The molecular weight excluding hydrogens is 476 g/mol. The zero-order valence-corrected chi connectivity index (χ0v) is 23.4. The molecule has 1 amide bonds. The minimum absolute atomic E-state index is 0.221. The lowest BCUT2D eigenvalue weighted by Crippen LogP contribution is -2.51. The lowest BCUT2D eigenvalue weighted by Gasteiger charge is -2.36. The zero-order valence-electron chi connectivity index (χ0n) is 21.8. The molecule has 0 bridgehead atoms. The van der Waals surface area contributed by atoms with E-state index in [1.54, 1.807) is 16.2 Å². The number of sulfonamides is 1. The highest BCUT2D eigenvalue weighted by Crippen LogP contribution is 2.30. The van der Waals surface area contributed by atoms with E-state index in [4.69, 9.17) is 0 Å². The number of thiophene rings is 1. The minimum atomic E-state index is -3.92. The van der Waals surface area contributed by atoms with Crippen LogP contribution in [0.15, 0.2) is 59.5 Å². The Labute approximate surface area is 214 Å². The van der Waals surface area contributed by atoms with Crippen molar-refractivity contribution in [3.05, 3.63) is 86.6 Å². The summed E-state index contributed by atoms with van der Waals surface area (Å²) in [6.45, 7) is 13.8. The number of amides is 1. The molecule has 2 aromatic carbocycles. The maximum Gasteiger partial charge on any atom is 0.244 e. The first-order valence-electron chi connectivity index (χ1n) is 11.8. The molecule has 188 valence electrons. The van der Waals surface area contributed by atoms with Crippen molar-refractivity contribution in [2.24, 2.45) is 0 Å². The van der Waals surface area contributed by atoms with Crippen molar-refractivity contribution in [3.8, 4) is 0 Å². The number of carbonyl (C=O) groups excluding carboxylic acids is 1. The number of carbonyl (C=O) groups is 1. The summed E-state index contributed by atoms with van der Waals surface area (Å²) < 4.78 is 29.3. The van der Waals surface area contributed by atoms with Gasteiger partial charge in [0.1, 0.15) is 0 Å². The summed E-state index contributed by atoms with van der Waals surface area (Å²) >= 11 is 1.65. The summed E-state index contributed by atoms with van der Waals surface area (Å²) in [6.07, 6.45) is 0. The molecule has 35 heavy (non-hydrogen) atoms. The molecule has 7 heteroatoms. The first-order valence-corrected chi connectivity index (χ1v) is 14.0. The van der Waals surface area contributed by atoms with Crippen LogP contribution in [0.4, 0.5) is 0 Å². The van der Waals surface area contributed by atoms with Crippen LogP contribution < -0.4 is 0 Å². The Balaban J connectivity index is 1.98. The molecule has 3 aromatic rings. The van der Waals surface area contributed by atoms with Crippen molar-refractivity contribution < 1.29 is 13.2 Å². The van der Waals surface area contributed by atoms with Crippen LogP contribution in [0.1, 0.15) is 52.8 Å². The predicted molar refractivity (Wildman–Crippen MR) is 144 cm³/mol. The van der Waals surface area contributed by atoms with Crippen LogP contribution in [0.3, 0.4) is 0 Å². The monoisotopic (exact) mass is 512 g/mol. The van der Waals surface area contributed by atoms with Gasteiger partial charge in [0.05, 0.1) is 18.0 Å². The molecule has 0 aliphatic rings. The summed E-state index contributed by atoms with van der Waals surface area (Å²) in [5.41, 5.74) is 2.62. The molecule has 0 radical (unpaired) electrons. The molecule has 0 unspecified atom stereocenters. The second kappa shape index (κ2) is 10.6. The van der Waals surface area contributed by atoms with Crippen LogP contribution >= 0.6 is 11.3 Å². The fourth-order valence-electron chi connectivity index (χ4n) is 4.38. The second-order valence-electron chi connectivity index (χ2n) is 10.2. The third-order valence-corrected chi connectivity index (χ3v) is 9.29. The molecule has 1 aromatic heterocycles. The summed E-state index contributed by atoms with van der Waals surface area (Å²) in [6, 6.07) is 17.6. The normalized spacial score (nSPS) is 12.2. The Morgan fingerprint density at radius 2 is 1.49 bits per heavy atom. The maximum absolute atomic E-state index is 14.0. The van der Waals surface area contributed by atoms with Crippen LogP contribution in [-0.2, 0) is 27.9 Å². The van der Waals surface area contributed by atoms with E-state index in [9.17, 15) is 13.2 Å². The summed E-state index contributed by atoms with van der Waals surface area (Å²) in [7, 11) is -3.92. The van der Waals surface area contributed by atoms with Gasteiger partial charge in [0.2, 0.25) is 15.9 Å². The molecule has 0 N–H and O–H groups in total. The number of hydrogen-bond acceptors (Lipinski definition) is 4. The maximum atomic E-state index is 14.0. The van der Waals surface area contributed by atoms with Crippen LogP contribution in [0.2, 0.25) is 0 Å². The second-order valence-corrected chi connectivity index (χ2v) is 13.3. The summed E-state index contributed by atoms with van der Waals surface area (Å²) in [4.78, 5) is 18.0. The highest BCUT2D eigenvalue weighted by Gasteiger charge is 2.38. The Morgan fingerprint density at radius 1 is 0.886 bits per heavy atom. The van der Waals surface area contributed by atoms with Crippen molar-refractivity contribution in [1.82, 2.24) is 9.21 Å². The van der Waals surface area contributed by atoms with E-state index in [0.717, 1.165) is 16.0 Å². The Morgan fingerprint density at radius 3 is 2.00 bits per heavy atom. The van der Waals surface area contributed by atoms with Crippen LogP contribution in [0.25, 0.3) is 0 Å². The summed E-state index contributed by atoms with van der Waals surface area (Å²) in [5.74, 6) is -0.221. The predicted octanol–water partition coefficient (Wildman–Crippen LogP) is 6.00. The van der Waals surface area contributed by atoms with Gasteiger partial charge in [0, 0.05) is 21.8 Å². The van der Waals surface area contributed by atoms with E-state index in [1.807, 2.05) is 103 Å². The molecule has 0 saturated heterocycles. The smallest absolute Gasteiger partial charge is 0.244 e. The third-order valence-electron chi connectivity index (χ3n) is 5.89. The number of nitrogens with zero attached hydrogens (tertiary/aromatic N) is 2. The SMILES string of the molecule is Cc1cc(C)c(S(=O)(=O)N(CC(=O)N(Cc2ccccc2)Cc2ccc(C)s2)C(C)(C)C)c(C)c1. The molecule has 0 aliphatic carbocycles. The van der Waals surface area contributed by atoms with Crippen LogP contribution in [-0.4, -0.2) is 35.6 Å². The summed E-state index contributed by atoms with van der Waals surface area (Å²) in [5, 5.41) is 0. The van der Waals surface area contributed by atoms with Gasteiger partial charge in [-0.2, -0.15) is 4.31 Å². The van der Waals surface area contributed by atoms with E-state index in [-0.39, 0.29) is 17.3 Å². The number of benzene rings is 2. The molecular formula is C28H36N2O3S2. The lowest BCUT2D eigenvalue weighted by molar-refractivity contribution is -0.133. The van der Waals surface area contributed by atoms with E-state index in [2.05, 4.69) is 0 Å². The lowest BCUT2D eigenvalue weighted by atomic mass is 10.1. The number of aryl methyl sites for hydroxylation is 4. The van der Waals surface area contributed by atoms with Gasteiger partial charge in [-0.25, -0.2) is 8.42 Å². The fourth-order valence-corrected chi connectivity index (χ4v) is 7.44. The van der Waals surface area contributed by atoms with Crippen molar-refractivity contribution in [2.75, 3.05) is 6.54 Å². The zero-order chi connectivity index (χ0) is 26.0. The first kappa shape index (κ1) is 27.1. The molecule has 1 heterocycles. The van der Waals surface area contributed by atoms with Crippen LogP contribution in [0, 0.1) is 27.7 Å². The van der Waals surface area contributed by atoms with Gasteiger partial charge >= 0.3 is 0 Å². The van der Waals surface area contributed by atoms with E-state index < -0.39 is 15.6 Å². The highest BCUT2D eigenvalue weighted by atomic mass is 32.2. The van der Waals surface area contributed by atoms with Gasteiger partial charge in [-0.15, -0.1) is 11.3 Å². The minimum Gasteiger partial charge on any atom is -0.332 e. The number of hydrogen-bond donors (Lipinski definition) is 0. The average molecular weight is 513 g/mol. The van der Waals surface area contributed by atoms with Crippen molar-refractivity contribution in [3.63, 3.8) is 0 Å². The number of rotatable bonds is 8. The quantitative estimate of drug-likeness (QED) is 0.372. The standard InChI is InChI=1S/C28H36N2O3S2/c1-20-15-21(2)27(22(3)16-20)35(32,33)30(28(5,6)7)19-26(31)29(17-24-11-9-8-10-12-24)18-25-14-13-23(4)34-25/h8-16H,17-19H2,1-7H3. The highest BCUT2D eigenvalue weighted by molar-refractivity contribution is 7.89. The average Bonchev–Trinajstić information content (AvgIpc) is 3.14. The van der Waals surface area contributed by atoms with E-state index >= 15 is 0 Å². The van der Waals surface area contributed by atoms with Gasteiger partial charge in [-0.05, 0) is 77.3 Å². The van der Waals surface area contributed by atoms with Crippen molar-refractivity contribution in [1.29, 1.82) is 0 Å². The van der Waals surface area contributed by atoms with Gasteiger partial charge in [-0.3, -0.25) is 4.79 Å². The molecule has 0 atom stereocenters. The van der Waals surface area contributed by atoms with Gasteiger partial charge in [0.25, 0.3) is 0 Å². The Bertz CT molecular complexity index is 1270. The molecule has 5 nitrogen and oxygen atoms in total.